The Hall–Kier alpha value is -1.66. The summed E-state index contributed by atoms with van der Waals surface area (Å²) in [7, 11) is 0. The van der Waals surface area contributed by atoms with Crippen molar-refractivity contribution < 1.29 is 29.6 Å². The zero-order valence-corrected chi connectivity index (χ0v) is 23.8. The van der Waals surface area contributed by atoms with Gasteiger partial charge < -0.3 is 20.1 Å². The summed E-state index contributed by atoms with van der Waals surface area (Å²) in [6, 6.07) is 0. The molecule has 0 aromatic heterocycles. The average Bonchev–Trinajstić information content (AvgIpc) is 3.05. The summed E-state index contributed by atoms with van der Waals surface area (Å²) in [5, 5.41) is 32.9. The molecule has 208 valence electrons. The van der Waals surface area contributed by atoms with Gasteiger partial charge >= 0.3 is 11.9 Å². The van der Waals surface area contributed by atoms with Gasteiger partial charge in [-0.2, -0.15) is 0 Å². The number of allylic oxidation sites excluding steroid dienone is 2. The van der Waals surface area contributed by atoms with Gasteiger partial charge in [0.1, 0.15) is 6.10 Å². The zero-order valence-electron chi connectivity index (χ0n) is 23.8. The number of carboxylic acids is 1. The topological polar surface area (TPSA) is 104 Å². The van der Waals surface area contributed by atoms with Gasteiger partial charge in [0.15, 0.2) is 0 Å². The molecular formula is C31H48O6. The van der Waals surface area contributed by atoms with E-state index >= 15 is 0 Å². The molecule has 4 rings (SSSR count). The van der Waals surface area contributed by atoms with Crippen LogP contribution in [0.1, 0.15) is 99.8 Å². The van der Waals surface area contributed by atoms with Crippen LogP contribution >= 0.6 is 0 Å². The average molecular weight is 517 g/mol. The predicted molar refractivity (Wildman–Crippen MR) is 143 cm³/mol. The molecule has 0 saturated heterocycles. The van der Waals surface area contributed by atoms with Crippen molar-refractivity contribution in [3.8, 4) is 0 Å². The molecule has 0 amide bonds. The lowest BCUT2D eigenvalue weighted by Crippen LogP contribution is -2.65. The monoisotopic (exact) mass is 516 g/mol. The second-order valence-electron chi connectivity index (χ2n) is 13.6. The van der Waals surface area contributed by atoms with E-state index in [0.717, 1.165) is 36.8 Å². The first-order chi connectivity index (χ1) is 17.2. The van der Waals surface area contributed by atoms with Gasteiger partial charge in [0.25, 0.3) is 0 Å². The minimum atomic E-state index is -0.953. The molecule has 0 radical (unpaired) electrons. The Morgan fingerprint density at radius 3 is 2.30 bits per heavy atom. The van der Waals surface area contributed by atoms with Crippen molar-refractivity contribution in [2.45, 2.75) is 118 Å². The van der Waals surface area contributed by atoms with Crippen LogP contribution in [0.15, 0.2) is 22.8 Å². The van der Waals surface area contributed by atoms with Crippen molar-refractivity contribution in [1.82, 2.24) is 0 Å². The molecule has 0 aromatic carbocycles. The Kier molecular flexibility index (Phi) is 7.53. The summed E-state index contributed by atoms with van der Waals surface area (Å²) >= 11 is 0. The minimum Gasteiger partial charge on any atom is -0.478 e. The molecule has 4 fully saturated rings. The van der Waals surface area contributed by atoms with Crippen LogP contribution in [0.3, 0.4) is 0 Å². The number of rotatable bonds is 5. The molecule has 0 heterocycles. The third-order valence-corrected chi connectivity index (χ3v) is 11.6. The van der Waals surface area contributed by atoms with Gasteiger partial charge in [-0.05, 0) is 111 Å². The molecule has 0 bridgehead atoms. The van der Waals surface area contributed by atoms with E-state index in [-0.39, 0.29) is 40.1 Å². The molecule has 4 saturated carbocycles. The molecule has 37 heavy (non-hydrogen) atoms. The summed E-state index contributed by atoms with van der Waals surface area (Å²) in [6.07, 6.45) is 6.22. The van der Waals surface area contributed by atoms with E-state index in [1.54, 1.807) is 0 Å². The van der Waals surface area contributed by atoms with Gasteiger partial charge in [-0.25, -0.2) is 4.79 Å². The number of carbonyl (C=O) groups is 2. The number of esters is 1. The summed E-state index contributed by atoms with van der Waals surface area (Å²) in [4.78, 5) is 24.8. The highest BCUT2D eigenvalue weighted by Gasteiger charge is 2.70. The van der Waals surface area contributed by atoms with Crippen molar-refractivity contribution >= 4 is 11.9 Å². The molecular weight excluding hydrogens is 468 g/mol. The number of aliphatic hydroxyl groups is 2. The van der Waals surface area contributed by atoms with Crippen LogP contribution < -0.4 is 0 Å². The molecule has 3 N–H and O–H groups in total. The van der Waals surface area contributed by atoms with Gasteiger partial charge in [-0.15, -0.1) is 0 Å². The number of fused-ring (bicyclic) bond motifs is 5. The van der Waals surface area contributed by atoms with Crippen molar-refractivity contribution in [2.75, 3.05) is 0 Å². The lowest BCUT2D eigenvalue weighted by Gasteiger charge is -2.69. The van der Waals surface area contributed by atoms with E-state index in [1.165, 1.54) is 6.92 Å². The maximum absolute atomic E-state index is 12.6. The highest BCUT2D eigenvalue weighted by molar-refractivity contribution is 5.88. The van der Waals surface area contributed by atoms with E-state index in [9.17, 15) is 24.9 Å². The Morgan fingerprint density at radius 2 is 1.70 bits per heavy atom. The van der Waals surface area contributed by atoms with Gasteiger partial charge in [0, 0.05) is 12.5 Å². The zero-order chi connectivity index (χ0) is 27.5. The highest BCUT2D eigenvalue weighted by Crippen LogP contribution is 2.74. The number of hydrogen-bond acceptors (Lipinski definition) is 5. The lowest BCUT2D eigenvalue weighted by molar-refractivity contribution is -0.234. The summed E-state index contributed by atoms with van der Waals surface area (Å²) in [6.45, 7) is 14.5. The van der Waals surface area contributed by atoms with E-state index in [0.29, 0.717) is 37.2 Å². The minimum absolute atomic E-state index is 0.0474. The Bertz CT molecular complexity index is 994. The van der Waals surface area contributed by atoms with Crippen LogP contribution in [-0.2, 0) is 14.3 Å². The molecule has 0 aliphatic heterocycles. The van der Waals surface area contributed by atoms with E-state index in [4.69, 9.17) is 4.74 Å². The second kappa shape index (κ2) is 9.82. The quantitative estimate of drug-likeness (QED) is 0.247. The maximum atomic E-state index is 12.6. The normalized spacial score (nSPS) is 46.2. The molecule has 0 spiro atoms. The van der Waals surface area contributed by atoms with Crippen molar-refractivity contribution in [1.29, 1.82) is 0 Å². The molecule has 4 aliphatic carbocycles. The highest BCUT2D eigenvalue weighted by atomic mass is 16.5. The fourth-order valence-corrected chi connectivity index (χ4v) is 9.79. The lowest BCUT2D eigenvalue weighted by atomic mass is 9.36. The van der Waals surface area contributed by atoms with E-state index in [2.05, 4.69) is 27.7 Å². The van der Waals surface area contributed by atoms with Crippen LogP contribution in [-0.4, -0.2) is 45.6 Å². The van der Waals surface area contributed by atoms with Crippen molar-refractivity contribution in [3.63, 3.8) is 0 Å². The molecule has 1 unspecified atom stereocenters. The van der Waals surface area contributed by atoms with E-state index in [1.807, 2.05) is 19.9 Å². The van der Waals surface area contributed by atoms with Gasteiger partial charge in [0.2, 0.25) is 0 Å². The van der Waals surface area contributed by atoms with Crippen LogP contribution in [0.5, 0.6) is 0 Å². The van der Waals surface area contributed by atoms with Crippen LogP contribution in [0, 0.1) is 39.9 Å². The van der Waals surface area contributed by atoms with Crippen LogP contribution in [0.25, 0.3) is 0 Å². The summed E-state index contributed by atoms with van der Waals surface area (Å²) in [5.74, 6) is -0.909. The fraction of sp³-hybridized carbons (Fsp3) is 0.806. The maximum Gasteiger partial charge on any atom is 0.331 e. The molecule has 10 atom stereocenters. The number of hydrogen-bond donors (Lipinski definition) is 3. The number of carboxylic acid groups (broad SMARTS) is 1. The van der Waals surface area contributed by atoms with Crippen LogP contribution in [0.2, 0.25) is 0 Å². The van der Waals surface area contributed by atoms with Crippen LogP contribution in [0.4, 0.5) is 0 Å². The first kappa shape index (κ1) is 28.4. The Labute approximate surface area is 222 Å². The second-order valence-corrected chi connectivity index (χ2v) is 13.6. The third kappa shape index (κ3) is 4.40. The summed E-state index contributed by atoms with van der Waals surface area (Å²) < 4.78 is 5.87. The summed E-state index contributed by atoms with van der Waals surface area (Å²) in [5.41, 5.74) is 1.57. The Balaban J connectivity index is 1.82. The molecule has 4 aliphatic rings. The van der Waals surface area contributed by atoms with Crippen molar-refractivity contribution in [3.05, 3.63) is 22.8 Å². The SMILES string of the molecule is CC(=O)O[C@H]1C[C@@]2(C)[C@H](C[C@@H](O)[C@@H]3[C@@]4(C)CC[C@@H](O)[C@@H](C)C4CC[C@@]32C)/C1=C(\CCC=C(C)C)C(=O)O. The first-order valence-corrected chi connectivity index (χ1v) is 14.3. The smallest absolute Gasteiger partial charge is 0.331 e. The number of aliphatic carboxylic acids is 1. The van der Waals surface area contributed by atoms with Gasteiger partial charge in [-0.3, -0.25) is 4.79 Å². The van der Waals surface area contributed by atoms with Gasteiger partial charge in [0.05, 0.1) is 12.2 Å². The standard InChI is InChI=1S/C31H48O6/c1-17(2)9-8-10-20(28(35)36)26-22-15-24(34)27-29(5)13-12-23(33)18(3)21(29)11-14-30(27,6)31(22,7)16-25(26)37-19(4)32/h9,18,21-25,27,33-34H,8,10-16H2,1-7H3,(H,35,36)/b26-20-/t18-,21?,22+,23+,24+,25-,27+,29-,30-,31-/m0/s1. The van der Waals surface area contributed by atoms with E-state index < -0.39 is 24.1 Å². The first-order valence-electron chi connectivity index (χ1n) is 14.3. The fourth-order valence-electron chi connectivity index (χ4n) is 9.79. The van der Waals surface area contributed by atoms with Crippen molar-refractivity contribution in [2.24, 2.45) is 39.9 Å². The third-order valence-electron chi connectivity index (χ3n) is 11.6. The largest absolute Gasteiger partial charge is 0.478 e. The number of ether oxygens (including phenoxy) is 1. The number of carbonyl (C=O) groups excluding carboxylic acids is 1. The van der Waals surface area contributed by atoms with Gasteiger partial charge in [-0.1, -0.05) is 39.3 Å². The number of aliphatic hydroxyl groups excluding tert-OH is 2. The molecule has 6 heteroatoms. The molecule has 6 nitrogen and oxygen atoms in total. The Morgan fingerprint density at radius 1 is 1.03 bits per heavy atom. The molecule has 0 aromatic rings. The predicted octanol–water partition coefficient (Wildman–Crippen LogP) is 5.67.